The standard InChI is InChI=1S/C19H20N2O/c22-19(16-10-4-1-5-11-16)20-21(17-12-6-2-7-13-17)18-14-8-3-9-15-18/h1-4,6-9,12-16H,5,10-11H2,(H,20,22). The number of allylic oxidation sites excluding steroid dienone is 2. The number of amides is 1. The Morgan fingerprint density at radius 1 is 0.909 bits per heavy atom. The third kappa shape index (κ3) is 3.37. The average Bonchev–Trinajstić information content (AvgIpc) is 2.62. The number of nitrogens with zero attached hydrogens (tertiary/aromatic N) is 1. The van der Waals surface area contributed by atoms with Crippen molar-refractivity contribution in [1.82, 2.24) is 5.43 Å². The van der Waals surface area contributed by atoms with Gasteiger partial charge in [-0.15, -0.1) is 0 Å². The van der Waals surface area contributed by atoms with E-state index in [1.54, 1.807) is 0 Å². The first kappa shape index (κ1) is 14.4. The molecule has 1 aliphatic rings. The lowest BCUT2D eigenvalue weighted by molar-refractivity contribution is -0.125. The quantitative estimate of drug-likeness (QED) is 0.676. The SMILES string of the molecule is O=C(NN(c1ccccc1)c1ccccc1)C1CC=CCC1. The second kappa shape index (κ2) is 6.94. The Labute approximate surface area is 131 Å². The number of anilines is 2. The van der Waals surface area contributed by atoms with Gasteiger partial charge in [-0.25, -0.2) is 0 Å². The van der Waals surface area contributed by atoms with Crippen molar-refractivity contribution in [2.24, 2.45) is 5.92 Å². The zero-order chi connectivity index (χ0) is 15.2. The predicted octanol–water partition coefficient (Wildman–Crippen LogP) is 4.21. The van der Waals surface area contributed by atoms with E-state index in [1.807, 2.05) is 65.7 Å². The van der Waals surface area contributed by atoms with Crippen LogP contribution < -0.4 is 10.4 Å². The molecule has 22 heavy (non-hydrogen) atoms. The Morgan fingerprint density at radius 3 is 2.00 bits per heavy atom. The fourth-order valence-corrected chi connectivity index (χ4v) is 2.67. The van der Waals surface area contributed by atoms with Gasteiger partial charge >= 0.3 is 0 Å². The minimum Gasteiger partial charge on any atom is -0.273 e. The second-order valence-corrected chi connectivity index (χ2v) is 5.46. The molecule has 0 radical (unpaired) electrons. The summed E-state index contributed by atoms with van der Waals surface area (Å²) in [6.07, 6.45) is 6.97. The summed E-state index contributed by atoms with van der Waals surface area (Å²) in [6.45, 7) is 0. The van der Waals surface area contributed by atoms with Crippen molar-refractivity contribution in [3.8, 4) is 0 Å². The predicted molar refractivity (Wildman–Crippen MR) is 89.6 cm³/mol. The van der Waals surface area contributed by atoms with Crippen LogP contribution in [0.5, 0.6) is 0 Å². The number of hydrazine groups is 1. The minimum atomic E-state index is 0.0555. The van der Waals surface area contributed by atoms with Gasteiger partial charge in [0, 0.05) is 5.92 Å². The molecule has 2 aromatic carbocycles. The first-order valence-corrected chi connectivity index (χ1v) is 7.70. The van der Waals surface area contributed by atoms with E-state index in [4.69, 9.17) is 0 Å². The highest BCUT2D eigenvalue weighted by Crippen LogP contribution is 2.24. The van der Waals surface area contributed by atoms with Gasteiger partial charge in [-0.05, 0) is 43.5 Å². The average molecular weight is 292 g/mol. The van der Waals surface area contributed by atoms with Crippen molar-refractivity contribution in [3.05, 3.63) is 72.8 Å². The number of rotatable bonds is 4. The molecule has 1 atom stereocenters. The van der Waals surface area contributed by atoms with E-state index in [2.05, 4.69) is 17.6 Å². The molecule has 0 saturated carbocycles. The third-order valence-electron chi connectivity index (χ3n) is 3.89. The Bertz CT molecular complexity index is 597. The van der Waals surface area contributed by atoms with Crippen molar-refractivity contribution >= 4 is 17.3 Å². The molecule has 0 heterocycles. The van der Waals surface area contributed by atoms with Crippen molar-refractivity contribution in [2.45, 2.75) is 19.3 Å². The molecule has 0 spiro atoms. The molecule has 3 rings (SSSR count). The van der Waals surface area contributed by atoms with Crippen LogP contribution in [0.4, 0.5) is 11.4 Å². The van der Waals surface area contributed by atoms with Crippen LogP contribution >= 0.6 is 0 Å². The summed E-state index contributed by atoms with van der Waals surface area (Å²) in [5.74, 6) is 0.136. The molecule has 0 fully saturated rings. The Balaban J connectivity index is 1.83. The monoisotopic (exact) mass is 292 g/mol. The highest BCUT2D eigenvalue weighted by Gasteiger charge is 2.21. The van der Waals surface area contributed by atoms with Crippen LogP contribution in [-0.4, -0.2) is 5.91 Å². The van der Waals surface area contributed by atoms with Crippen LogP contribution in [0, 0.1) is 5.92 Å². The van der Waals surface area contributed by atoms with Crippen LogP contribution in [0.1, 0.15) is 19.3 Å². The van der Waals surface area contributed by atoms with E-state index >= 15 is 0 Å². The molecule has 2 aromatic rings. The van der Waals surface area contributed by atoms with Crippen LogP contribution in [0.25, 0.3) is 0 Å². The summed E-state index contributed by atoms with van der Waals surface area (Å²) < 4.78 is 0. The molecule has 1 unspecified atom stereocenters. The zero-order valence-corrected chi connectivity index (χ0v) is 12.5. The number of hydrogen-bond acceptors (Lipinski definition) is 2. The molecule has 3 heteroatoms. The van der Waals surface area contributed by atoms with E-state index in [1.165, 1.54) is 0 Å². The van der Waals surface area contributed by atoms with Crippen LogP contribution in [0.2, 0.25) is 0 Å². The lowest BCUT2D eigenvalue weighted by Gasteiger charge is -2.28. The van der Waals surface area contributed by atoms with Gasteiger partial charge in [-0.1, -0.05) is 48.6 Å². The molecule has 0 aliphatic heterocycles. The fourth-order valence-electron chi connectivity index (χ4n) is 2.67. The van der Waals surface area contributed by atoms with Crippen LogP contribution in [0.3, 0.4) is 0 Å². The zero-order valence-electron chi connectivity index (χ0n) is 12.5. The molecule has 1 amide bonds. The van der Waals surface area contributed by atoms with E-state index < -0.39 is 0 Å². The first-order valence-electron chi connectivity index (χ1n) is 7.70. The molecule has 112 valence electrons. The number of para-hydroxylation sites is 2. The summed E-state index contributed by atoms with van der Waals surface area (Å²) >= 11 is 0. The van der Waals surface area contributed by atoms with Crippen molar-refractivity contribution < 1.29 is 4.79 Å². The maximum atomic E-state index is 12.6. The maximum absolute atomic E-state index is 12.6. The number of hydrogen-bond donors (Lipinski definition) is 1. The summed E-state index contributed by atoms with van der Waals surface area (Å²) in [5.41, 5.74) is 4.98. The highest BCUT2D eigenvalue weighted by molar-refractivity contribution is 5.83. The Hall–Kier alpha value is -2.55. The van der Waals surface area contributed by atoms with Crippen molar-refractivity contribution in [2.75, 3.05) is 5.01 Å². The fraction of sp³-hybridized carbons (Fsp3) is 0.211. The lowest BCUT2D eigenvalue weighted by atomic mass is 9.94. The van der Waals surface area contributed by atoms with Crippen molar-refractivity contribution in [3.63, 3.8) is 0 Å². The summed E-state index contributed by atoms with van der Waals surface area (Å²) in [6, 6.07) is 19.8. The molecule has 0 aromatic heterocycles. The Morgan fingerprint density at radius 2 is 1.50 bits per heavy atom. The number of benzene rings is 2. The summed E-state index contributed by atoms with van der Waals surface area (Å²) in [5, 5.41) is 1.86. The highest BCUT2D eigenvalue weighted by atomic mass is 16.2. The van der Waals surface area contributed by atoms with E-state index in [0.717, 1.165) is 30.6 Å². The number of carbonyl (C=O) groups excluding carboxylic acids is 1. The van der Waals surface area contributed by atoms with E-state index in [-0.39, 0.29) is 11.8 Å². The Kier molecular flexibility index (Phi) is 4.54. The summed E-state index contributed by atoms with van der Waals surface area (Å²) in [4.78, 5) is 12.6. The normalized spacial score (nSPS) is 17.0. The van der Waals surface area contributed by atoms with Gasteiger partial charge in [-0.2, -0.15) is 0 Å². The van der Waals surface area contributed by atoms with E-state index in [9.17, 15) is 4.79 Å². The van der Waals surface area contributed by atoms with Gasteiger partial charge in [-0.3, -0.25) is 15.2 Å². The van der Waals surface area contributed by atoms with E-state index in [0.29, 0.717) is 0 Å². The molecule has 0 saturated heterocycles. The van der Waals surface area contributed by atoms with Gasteiger partial charge in [0.25, 0.3) is 0 Å². The molecule has 1 N–H and O–H groups in total. The minimum absolute atomic E-state index is 0.0555. The topological polar surface area (TPSA) is 32.3 Å². The molecular weight excluding hydrogens is 272 g/mol. The van der Waals surface area contributed by atoms with Crippen molar-refractivity contribution in [1.29, 1.82) is 0 Å². The number of nitrogens with one attached hydrogen (secondary N) is 1. The van der Waals surface area contributed by atoms with Gasteiger partial charge in [0.05, 0.1) is 11.4 Å². The maximum Gasteiger partial charge on any atom is 0.242 e. The molecule has 0 bridgehead atoms. The first-order chi connectivity index (χ1) is 10.8. The third-order valence-corrected chi connectivity index (χ3v) is 3.89. The summed E-state index contributed by atoms with van der Waals surface area (Å²) in [7, 11) is 0. The molecule has 3 nitrogen and oxygen atoms in total. The molecule has 1 aliphatic carbocycles. The van der Waals surface area contributed by atoms with Crippen LogP contribution in [-0.2, 0) is 4.79 Å². The lowest BCUT2D eigenvalue weighted by Crippen LogP contribution is -2.42. The second-order valence-electron chi connectivity index (χ2n) is 5.46. The van der Waals surface area contributed by atoms with Gasteiger partial charge in [0.1, 0.15) is 0 Å². The smallest absolute Gasteiger partial charge is 0.242 e. The largest absolute Gasteiger partial charge is 0.273 e. The molecular formula is C19H20N2O. The van der Waals surface area contributed by atoms with Gasteiger partial charge in [0.15, 0.2) is 0 Å². The number of carbonyl (C=O) groups is 1. The van der Waals surface area contributed by atoms with Gasteiger partial charge in [0.2, 0.25) is 5.91 Å². The van der Waals surface area contributed by atoms with Crippen LogP contribution in [0.15, 0.2) is 72.8 Å². The van der Waals surface area contributed by atoms with Gasteiger partial charge < -0.3 is 0 Å².